The van der Waals surface area contributed by atoms with Gasteiger partial charge in [0.1, 0.15) is 5.69 Å². The monoisotopic (exact) mass is 369 g/mol. The van der Waals surface area contributed by atoms with Crippen molar-refractivity contribution in [2.24, 2.45) is 5.92 Å². The number of piperidine rings is 1. The molecule has 1 aliphatic rings. The maximum absolute atomic E-state index is 12.6. The molecule has 27 heavy (non-hydrogen) atoms. The second kappa shape index (κ2) is 8.43. The predicted octanol–water partition coefficient (Wildman–Crippen LogP) is 2.45. The summed E-state index contributed by atoms with van der Waals surface area (Å²) in [6, 6.07) is 5.39. The maximum atomic E-state index is 12.6. The van der Waals surface area contributed by atoms with Crippen molar-refractivity contribution in [1.29, 1.82) is 0 Å². The van der Waals surface area contributed by atoms with Gasteiger partial charge in [-0.2, -0.15) is 5.10 Å². The standard InChI is InChI=1S/C20H27N5O2/c1-4-25-15(3)19(14(2)23-25)22-18(26)13-24-11-7-8-16(12-24)20(27)17-9-5-6-10-21-17/h5-6,9-10,16H,4,7-8,11-13H2,1-3H3,(H,22,26). The van der Waals surface area contributed by atoms with E-state index in [4.69, 9.17) is 0 Å². The first-order valence-corrected chi connectivity index (χ1v) is 9.51. The lowest BCUT2D eigenvalue weighted by Gasteiger charge is -2.31. The molecule has 0 spiro atoms. The number of anilines is 1. The summed E-state index contributed by atoms with van der Waals surface area (Å²) in [5.74, 6) is -0.104. The normalized spacial score (nSPS) is 17.7. The van der Waals surface area contributed by atoms with E-state index in [2.05, 4.69) is 20.3 Å². The highest BCUT2D eigenvalue weighted by atomic mass is 16.2. The van der Waals surface area contributed by atoms with E-state index >= 15 is 0 Å². The molecule has 3 heterocycles. The number of amides is 1. The lowest BCUT2D eigenvalue weighted by molar-refractivity contribution is -0.117. The number of Topliss-reactive ketones (excluding diaryl/α,β-unsaturated/α-hetero) is 1. The first-order valence-electron chi connectivity index (χ1n) is 9.51. The van der Waals surface area contributed by atoms with Crippen LogP contribution in [0.4, 0.5) is 5.69 Å². The number of pyridine rings is 1. The van der Waals surface area contributed by atoms with Gasteiger partial charge < -0.3 is 5.32 Å². The van der Waals surface area contributed by atoms with E-state index in [0.717, 1.165) is 43.0 Å². The third-order valence-corrected chi connectivity index (χ3v) is 5.11. The summed E-state index contributed by atoms with van der Waals surface area (Å²) in [5, 5.41) is 7.43. The third kappa shape index (κ3) is 4.42. The van der Waals surface area contributed by atoms with E-state index in [9.17, 15) is 9.59 Å². The van der Waals surface area contributed by atoms with Gasteiger partial charge in [0.15, 0.2) is 5.78 Å². The predicted molar refractivity (Wildman–Crippen MR) is 104 cm³/mol. The number of hydrogen-bond acceptors (Lipinski definition) is 5. The largest absolute Gasteiger partial charge is 0.322 e. The van der Waals surface area contributed by atoms with E-state index in [1.165, 1.54) is 0 Å². The van der Waals surface area contributed by atoms with Gasteiger partial charge in [-0.05, 0) is 52.3 Å². The van der Waals surface area contributed by atoms with Crippen LogP contribution in [0, 0.1) is 19.8 Å². The topological polar surface area (TPSA) is 80.1 Å². The van der Waals surface area contributed by atoms with Gasteiger partial charge >= 0.3 is 0 Å². The molecule has 1 atom stereocenters. The number of aromatic nitrogens is 3. The summed E-state index contributed by atoms with van der Waals surface area (Å²) >= 11 is 0. The summed E-state index contributed by atoms with van der Waals surface area (Å²) < 4.78 is 1.88. The first-order chi connectivity index (χ1) is 13.0. The molecule has 3 rings (SSSR count). The van der Waals surface area contributed by atoms with Crippen LogP contribution in [0.3, 0.4) is 0 Å². The van der Waals surface area contributed by atoms with Crippen LogP contribution >= 0.6 is 0 Å². The van der Waals surface area contributed by atoms with Gasteiger partial charge in [0, 0.05) is 25.2 Å². The smallest absolute Gasteiger partial charge is 0.238 e. The molecule has 1 fully saturated rings. The van der Waals surface area contributed by atoms with Crippen LogP contribution in [0.15, 0.2) is 24.4 Å². The number of rotatable bonds is 6. The van der Waals surface area contributed by atoms with Crippen molar-refractivity contribution in [3.05, 3.63) is 41.5 Å². The van der Waals surface area contributed by atoms with Crippen molar-refractivity contribution in [2.75, 3.05) is 25.0 Å². The zero-order chi connectivity index (χ0) is 19.4. The number of ketones is 1. The van der Waals surface area contributed by atoms with Crippen molar-refractivity contribution in [3.8, 4) is 0 Å². The van der Waals surface area contributed by atoms with Crippen LogP contribution in [0.5, 0.6) is 0 Å². The quantitative estimate of drug-likeness (QED) is 0.791. The van der Waals surface area contributed by atoms with Crippen molar-refractivity contribution in [3.63, 3.8) is 0 Å². The zero-order valence-corrected chi connectivity index (χ0v) is 16.2. The molecule has 2 aromatic rings. The van der Waals surface area contributed by atoms with Crippen molar-refractivity contribution < 1.29 is 9.59 Å². The average Bonchev–Trinajstić information content (AvgIpc) is 2.95. The molecule has 0 saturated carbocycles. The Balaban J connectivity index is 1.60. The molecular formula is C20H27N5O2. The number of carbonyl (C=O) groups excluding carboxylic acids is 2. The summed E-state index contributed by atoms with van der Waals surface area (Å²) in [7, 11) is 0. The van der Waals surface area contributed by atoms with E-state index in [1.807, 2.05) is 31.5 Å². The molecule has 7 nitrogen and oxygen atoms in total. The van der Waals surface area contributed by atoms with E-state index in [-0.39, 0.29) is 24.2 Å². The van der Waals surface area contributed by atoms with Gasteiger partial charge in [-0.25, -0.2) is 0 Å². The molecule has 0 bridgehead atoms. The molecular weight excluding hydrogens is 342 g/mol. The van der Waals surface area contributed by atoms with Gasteiger partial charge in [-0.15, -0.1) is 0 Å². The van der Waals surface area contributed by atoms with Crippen LogP contribution < -0.4 is 5.32 Å². The Morgan fingerprint density at radius 3 is 2.78 bits per heavy atom. The Kier molecular flexibility index (Phi) is 6.01. The Morgan fingerprint density at radius 2 is 2.11 bits per heavy atom. The van der Waals surface area contributed by atoms with Gasteiger partial charge in [-0.3, -0.25) is 24.2 Å². The third-order valence-electron chi connectivity index (χ3n) is 5.11. The molecule has 144 valence electrons. The minimum Gasteiger partial charge on any atom is -0.322 e. The number of likely N-dealkylation sites (tertiary alicyclic amines) is 1. The second-order valence-electron chi connectivity index (χ2n) is 7.06. The lowest BCUT2D eigenvalue weighted by Crippen LogP contribution is -2.42. The number of nitrogens with zero attached hydrogens (tertiary/aromatic N) is 4. The number of hydrogen-bond donors (Lipinski definition) is 1. The molecule has 1 saturated heterocycles. The molecule has 0 aromatic carbocycles. The Hall–Kier alpha value is -2.54. The molecule has 1 aliphatic heterocycles. The van der Waals surface area contributed by atoms with Crippen molar-refractivity contribution >= 4 is 17.4 Å². The summed E-state index contributed by atoms with van der Waals surface area (Å²) in [6.07, 6.45) is 3.39. The highest BCUT2D eigenvalue weighted by Crippen LogP contribution is 2.22. The molecule has 0 aliphatic carbocycles. The molecule has 1 N–H and O–H groups in total. The average molecular weight is 369 g/mol. The number of aryl methyl sites for hydroxylation is 2. The highest BCUT2D eigenvalue weighted by Gasteiger charge is 2.28. The van der Waals surface area contributed by atoms with Gasteiger partial charge in [0.2, 0.25) is 5.91 Å². The fourth-order valence-electron chi connectivity index (χ4n) is 3.70. The number of carbonyl (C=O) groups is 2. The molecule has 1 amide bonds. The summed E-state index contributed by atoms with van der Waals surface area (Å²) in [4.78, 5) is 31.4. The van der Waals surface area contributed by atoms with Crippen LogP contribution in [-0.4, -0.2) is 51.0 Å². The van der Waals surface area contributed by atoms with Gasteiger partial charge in [-0.1, -0.05) is 6.07 Å². The fourth-order valence-corrected chi connectivity index (χ4v) is 3.70. The van der Waals surface area contributed by atoms with E-state index < -0.39 is 0 Å². The van der Waals surface area contributed by atoms with Crippen LogP contribution in [0.25, 0.3) is 0 Å². The Bertz CT molecular complexity index is 815. The minimum absolute atomic E-state index is 0.0663. The van der Waals surface area contributed by atoms with Crippen LogP contribution in [0.1, 0.15) is 41.6 Å². The van der Waals surface area contributed by atoms with Crippen LogP contribution in [0.2, 0.25) is 0 Å². The highest BCUT2D eigenvalue weighted by molar-refractivity contribution is 5.96. The van der Waals surface area contributed by atoms with E-state index in [1.54, 1.807) is 18.3 Å². The van der Waals surface area contributed by atoms with Gasteiger partial charge in [0.25, 0.3) is 0 Å². The zero-order valence-electron chi connectivity index (χ0n) is 16.2. The van der Waals surface area contributed by atoms with E-state index in [0.29, 0.717) is 12.2 Å². The first kappa shape index (κ1) is 19.2. The fraction of sp³-hybridized carbons (Fsp3) is 0.500. The number of nitrogens with one attached hydrogen (secondary N) is 1. The molecule has 1 unspecified atom stereocenters. The molecule has 2 aromatic heterocycles. The van der Waals surface area contributed by atoms with Crippen LogP contribution in [-0.2, 0) is 11.3 Å². The molecule has 0 radical (unpaired) electrons. The Morgan fingerprint density at radius 1 is 1.30 bits per heavy atom. The summed E-state index contributed by atoms with van der Waals surface area (Å²) in [6.45, 7) is 8.35. The lowest BCUT2D eigenvalue weighted by atomic mass is 9.92. The maximum Gasteiger partial charge on any atom is 0.238 e. The molecule has 7 heteroatoms. The van der Waals surface area contributed by atoms with Gasteiger partial charge in [0.05, 0.1) is 23.6 Å². The second-order valence-corrected chi connectivity index (χ2v) is 7.06. The van der Waals surface area contributed by atoms with Crippen molar-refractivity contribution in [2.45, 2.75) is 40.2 Å². The summed E-state index contributed by atoms with van der Waals surface area (Å²) in [5.41, 5.74) is 3.08. The van der Waals surface area contributed by atoms with Crippen molar-refractivity contribution in [1.82, 2.24) is 19.7 Å². The minimum atomic E-state index is -0.104. The SMILES string of the molecule is CCn1nc(C)c(NC(=O)CN2CCCC(C(=O)c3ccccn3)C2)c1C. The Labute approximate surface area is 159 Å².